The van der Waals surface area contributed by atoms with Crippen molar-refractivity contribution in [2.45, 2.75) is 6.04 Å². The number of urea groups is 1. The molecule has 5 nitrogen and oxygen atoms in total. The first-order valence-corrected chi connectivity index (χ1v) is 5.54. The molecular formula is C11H9ClN2O3. The van der Waals surface area contributed by atoms with Gasteiger partial charge in [0.25, 0.3) is 5.91 Å². The summed E-state index contributed by atoms with van der Waals surface area (Å²) in [7, 11) is 0. The Kier molecular flexibility index (Phi) is 2.31. The van der Waals surface area contributed by atoms with Crippen LogP contribution in [0.3, 0.4) is 0 Å². The van der Waals surface area contributed by atoms with Gasteiger partial charge in [-0.05, 0) is 24.3 Å². The van der Waals surface area contributed by atoms with Gasteiger partial charge in [0.1, 0.15) is 12.8 Å². The Balaban J connectivity index is 1.96. The van der Waals surface area contributed by atoms with Crippen molar-refractivity contribution in [3.8, 4) is 0 Å². The van der Waals surface area contributed by atoms with E-state index in [-0.39, 0.29) is 25.3 Å². The quantitative estimate of drug-likeness (QED) is 0.711. The molecule has 1 atom stereocenters. The summed E-state index contributed by atoms with van der Waals surface area (Å²) in [6.45, 7) is 0.452. The number of nitrogens with zero attached hydrogens (tertiary/aromatic N) is 2. The predicted octanol–water partition coefficient (Wildman–Crippen LogP) is 1.46. The van der Waals surface area contributed by atoms with E-state index < -0.39 is 6.04 Å². The highest BCUT2D eigenvalue weighted by atomic mass is 35.5. The lowest BCUT2D eigenvalue weighted by Gasteiger charge is -2.15. The standard InChI is InChI=1S/C11H9ClN2O3/c12-7-1-3-8(4-2-7)14-10(15)9-5-17-6-13(9)11(14)16/h1-4,9H,5-6H2. The number of carbonyl (C=O) groups is 2. The van der Waals surface area contributed by atoms with Gasteiger partial charge in [-0.15, -0.1) is 0 Å². The molecule has 2 saturated heterocycles. The largest absolute Gasteiger partial charge is 0.358 e. The van der Waals surface area contributed by atoms with Gasteiger partial charge in [-0.25, -0.2) is 9.69 Å². The molecule has 1 unspecified atom stereocenters. The number of imide groups is 1. The molecule has 0 aromatic heterocycles. The highest BCUT2D eigenvalue weighted by Crippen LogP contribution is 2.28. The third kappa shape index (κ3) is 1.50. The van der Waals surface area contributed by atoms with Crippen LogP contribution in [0.4, 0.5) is 10.5 Å². The average Bonchev–Trinajstić information content (AvgIpc) is 2.87. The lowest BCUT2D eigenvalue weighted by Crippen LogP contribution is -2.33. The first kappa shape index (κ1) is 10.6. The number of benzene rings is 1. The van der Waals surface area contributed by atoms with Crippen LogP contribution in [-0.4, -0.2) is 36.2 Å². The van der Waals surface area contributed by atoms with E-state index in [2.05, 4.69) is 0 Å². The van der Waals surface area contributed by atoms with E-state index in [4.69, 9.17) is 16.3 Å². The number of fused-ring (bicyclic) bond motifs is 1. The second-order valence-electron chi connectivity index (χ2n) is 3.92. The summed E-state index contributed by atoms with van der Waals surface area (Å²) in [5.74, 6) is -0.241. The predicted molar refractivity (Wildman–Crippen MR) is 60.8 cm³/mol. The van der Waals surface area contributed by atoms with Crippen molar-refractivity contribution < 1.29 is 14.3 Å². The first-order valence-electron chi connectivity index (χ1n) is 5.16. The van der Waals surface area contributed by atoms with Crippen LogP contribution in [-0.2, 0) is 9.53 Å². The van der Waals surface area contributed by atoms with Crippen LogP contribution >= 0.6 is 11.6 Å². The van der Waals surface area contributed by atoms with Crippen LogP contribution in [0, 0.1) is 0 Å². The summed E-state index contributed by atoms with van der Waals surface area (Å²) >= 11 is 5.77. The monoisotopic (exact) mass is 252 g/mol. The highest BCUT2D eigenvalue weighted by molar-refractivity contribution is 6.30. The minimum absolute atomic E-state index is 0.180. The molecule has 6 heteroatoms. The number of carbonyl (C=O) groups excluding carboxylic acids is 2. The van der Waals surface area contributed by atoms with Crippen molar-refractivity contribution >= 4 is 29.2 Å². The van der Waals surface area contributed by atoms with Gasteiger partial charge >= 0.3 is 6.03 Å². The zero-order valence-corrected chi connectivity index (χ0v) is 9.55. The van der Waals surface area contributed by atoms with Crippen molar-refractivity contribution in [3.05, 3.63) is 29.3 Å². The van der Waals surface area contributed by atoms with Crippen LogP contribution in [0.25, 0.3) is 0 Å². The minimum atomic E-state index is -0.474. The van der Waals surface area contributed by atoms with Gasteiger partial charge in [0, 0.05) is 5.02 Å². The molecule has 1 aromatic carbocycles. The van der Waals surface area contributed by atoms with Crippen LogP contribution in [0.5, 0.6) is 0 Å². The van der Waals surface area contributed by atoms with Crippen LogP contribution in [0.15, 0.2) is 24.3 Å². The van der Waals surface area contributed by atoms with E-state index in [0.717, 1.165) is 0 Å². The fraction of sp³-hybridized carbons (Fsp3) is 0.273. The van der Waals surface area contributed by atoms with Crippen LogP contribution < -0.4 is 4.90 Å². The Hall–Kier alpha value is -1.59. The maximum absolute atomic E-state index is 12.0. The summed E-state index contributed by atoms with van der Waals surface area (Å²) in [6.07, 6.45) is 0. The Morgan fingerprint density at radius 1 is 1.24 bits per heavy atom. The summed E-state index contributed by atoms with van der Waals surface area (Å²) in [4.78, 5) is 26.6. The molecule has 0 aliphatic carbocycles. The molecule has 0 spiro atoms. The molecular weight excluding hydrogens is 244 g/mol. The lowest BCUT2D eigenvalue weighted by atomic mass is 10.2. The van der Waals surface area contributed by atoms with Crippen molar-refractivity contribution in [1.82, 2.24) is 4.90 Å². The molecule has 3 rings (SSSR count). The Morgan fingerprint density at radius 2 is 1.94 bits per heavy atom. The molecule has 1 aromatic rings. The number of amides is 3. The van der Waals surface area contributed by atoms with E-state index in [9.17, 15) is 9.59 Å². The third-order valence-electron chi connectivity index (χ3n) is 2.91. The molecule has 0 saturated carbocycles. The summed E-state index contributed by atoms with van der Waals surface area (Å²) in [6, 6.07) is 5.80. The van der Waals surface area contributed by atoms with Crippen LogP contribution in [0.1, 0.15) is 0 Å². The molecule has 0 radical (unpaired) electrons. The molecule has 0 N–H and O–H groups in total. The number of ether oxygens (including phenoxy) is 1. The maximum Gasteiger partial charge on any atom is 0.334 e. The van der Waals surface area contributed by atoms with Gasteiger partial charge in [-0.3, -0.25) is 9.69 Å². The first-order chi connectivity index (χ1) is 8.18. The normalized spacial score (nSPS) is 23.5. The number of hydrogen-bond acceptors (Lipinski definition) is 3. The summed E-state index contributed by atoms with van der Waals surface area (Å²) in [5.41, 5.74) is 0.541. The lowest BCUT2D eigenvalue weighted by molar-refractivity contribution is -0.119. The van der Waals surface area contributed by atoms with E-state index >= 15 is 0 Å². The van der Waals surface area contributed by atoms with Crippen LogP contribution in [0.2, 0.25) is 5.02 Å². The summed E-state index contributed by atoms with van der Waals surface area (Å²) in [5, 5.41) is 0.566. The topological polar surface area (TPSA) is 49.9 Å². The van der Waals surface area contributed by atoms with Crippen molar-refractivity contribution in [2.24, 2.45) is 0 Å². The van der Waals surface area contributed by atoms with E-state index in [1.54, 1.807) is 24.3 Å². The smallest absolute Gasteiger partial charge is 0.334 e. The number of hydrogen-bond donors (Lipinski definition) is 0. The third-order valence-corrected chi connectivity index (χ3v) is 3.16. The fourth-order valence-electron chi connectivity index (χ4n) is 2.04. The van der Waals surface area contributed by atoms with E-state index in [1.165, 1.54) is 9.80 Å². The summed E-state index contributed by atoms with van der Waals surface area (Å²) < 4.78 is 5.09. The Bertz CT molecular complexity index is 466. The molecule has 2 heterocycles. The van der Waals surface area contributed by atoms with Gasteiger partial charge in [-0.2, -0.15) is 0 Å². The average molecular weight is 253 g/mol. The zero-order valence-electron chi connectivity index (χ0n) is 8.80. The van der Waals surface area contributed by atoms with Gasteiger partial charge in [0.05, 0.1) is 12.3 Å². The maximum atomic E-state index is 12.0. The SMILES string of the molecule is O=C1C2COCN2C(=O)N1c1ccc(Cl)cc1. The fourth-order valence-corrected chi connectivity index (χ4v) is 2.16. The van der Waals surface area contributed by atoms with Crippen molar-refractivity contribution in [2.75, 3.05) is 18.2 Å². The molecule has 2 aliphatic rings. The molecule has 3 amide bonds. The van der Waals surface area contributed by atoms with Gasteiger partial charge < -0.3 is 4.74 Å². The molecule has 88 valence electrons. The molecule has 0 bridgehead atoms. The molecule has 2 fully saturated rings. The zero-order chi connectivity index (χ0) is 12.0. The van der Waals surface area contributed by atoms with Crippen molar-refractivity contribution in [3.63, 3.8) is 0 Å². The highest BCUT2D eigenvalue weighted by Gasteiger charge is 2.48. The number of rotatable bonds is 1. The van der Waals surface area contributed by atoms with Gasteiger partial charge in [-0.1, -0.05) is 11.6 Å². The second-order valence-corrected chi connectivity index (χ2v) is 4.35. The Morgan fingerprint density at radius 3 is 2.59 bits per heavy atom. The van der Waals surface area contributed by atoms with Gasteiger partial charge in [0.2, 0.25) is 0 Å². The number of halogens is 1. The van der Waals surface area contributed by atoms with Crippen molar-refractivity contribution in [1.29, 1.82) is 0 Å². The molecule has 17 heavy (non-hydrogen) atoms. The molecule has 2 aliphatic heterocycles. The second kappa shape index (κ2) is 3.72. The minimum Gasteiger partial charge on any atom is -0.358 e. The Labute approximate surface area is 103 Å². The van der Waals surface area contributed by atoms with E-state index in [0.29, 0.717) is 10.7 Å². The van der Waals surface area contributed by atoms with Gasteiger partial charge in [0.15, 0.2) is 0 Å². The van der Waals surface area contributed by atoms with E-state index in [1.807, 2.05) is 0 Å². The number of anilines is 1.